The number of nitrogens with zero attached hydrogens (tertiary/aromatic N) is 2. The van der Waals surface area contributed by atoms with Crippen LogP contribution in [0, 0.1) is 6.92 Å². The quantitative estimate of drug-likeness (QED) is 0.793. The summed E-state index contributed by atoms with van der Waals surface area (Å²) < 4.78 is 5.19. The van der Waals surface area contributed by atoms with Gasteiger partial charge in [-0.25, -0.2) is 9.97 Å². The molecule has 7 heteroatoms. The number of hydrogen-bond acceptors (Lipinski definition) is 5. The van der Waals surface area contributed by atoms with Crippen LogP contribution < -0.4 is 10.6 Å². The fraction of sp³-hybridized carbons (Fsp3) is 0.545. The Morgan fingerprint density at radius 1 is 1.61 bits per heavy atom. The minimum Gasteiger partial charge on any atom is -0.380 e. The van der Waals surface area contributed by atoms with E-state index in [-0.39, 0.29) is 24.0 Å². The number of aromatic nitrogens is 2. The second-order valence-electron chi connectivity index (χ2n) is 4.20. The second kappa shape index (κ2) is 5.60. The largest absolute Gasteiger partial charge is 0.380 e. The van der Waals surface area contributed by atoms with Gasteiger partial charge in [0.05, 0.1) is 12.1 Å². The molecule has 1 saturated heterocycles. The van der Waals surface area contributed by atoms with Crippen LogP contribution in [0.25, 0.3) is 0 Å². The fourth-order valence-corrected chi connectivity index (χ4v) is 2.10. The van der Waals surface area contributed by atoms with Gasteiger partial charge < -0.3 is 10.1 Å². The van der Waals surface area contributed by atoms with E-state index in [0.29, 0.717) is 23.8 Å². The zero-order chi connectivity index (χ0) is 13.1. The second-order valence-corrected chi connectivity index (χ2v) is 4.59. The van der Waals surface area contributed by atoms with Gasteiger partial charge in [-0.2, -0.15) is 0 Å². The number of nitrogens with one attached hydrogen (secondary N) is 2. The Kier molecular flexibility index (Phi) is 4.11. The summed E-state index contributed by atoms with van der Waals surface area (Å²) in [5, 5.41) is 6.04. The molecule has 2 atom stereocenters. The molecular formula is C11H15ClN4O2. The molecule has 1 fully saturated rings. The van der Waals surface area contributed by atoms with Crippen molar-refractivity contribution < 1.29 is 9.53 Å². The Labute approximate surface area is 110 Å². The third kappa shape index (κ3) is 3.16. The number of hydrogen-bond donors (Lipinski definition) is 2. The Bertz CT molecular complexity index is 434. The third-order valence-corrected chi connectivity index (χ3v) is 2.99. The van der Waals surface area contributed by atoms with E-state index in [9.17, 15) is 4.79 Å². The molecule has 0 aromatic carbocycles. The molecule has 2 unspecified atom stereocenters. The summed E-state index contributed by atoms with van der Waals surface area (Å²) >= 11 is 5.80. The molecular weight excluding hydrogens is 256 g/mol. The smallest absolute Gasteiger partial charge is 0.243 e. The highest BCUT2D eigenvalue weighted by Crippen LogP contribution is 2.13. The molecule has 0 bridgehead atoms. The summed E-state index contributed by atoms with van der Waals surface area (Å²) in [7, 11) is 1.63. The maximum Gasteiger partial charge on any atom is 0.243 e. The van der Waals surface area contributed by atoms with E-state index in [0.717, 1.165) is 0 Å². The summed E-state index contributed by atoms with van der Waals surface area (Å²) in [4.78, 5) is 20.0. The van der Waals surface area contributed by atoms with Gasteiger partial charge in [0.15, 0.2) is 0 Å². The minimum absolute atomic E-state index is 0.0720. The Morgan fingerprint density at radius 3 is 3.00 bits per heavy atom. The molecule has 2 heterocycles. The molecule has 0 radical (unpaired) electrons. The van der Waals surface area contributed by atoms with Crippen LogP contribution in [0.2, 0.25) is 5.15 Å². The van der Waals surface area contributed by atoms with Crippen LogP contribution in [0.5, 0.6) is 0 Å². The number of amides is 1. The molecule has 1 amide bonds. The molecule has 98 valence electrons. The van der Waals surface area contributed by atoms with Crippen molar-refractivity contribution in [3.8, 4) is 0 Å². The van der Waals surface area contributed by atoms with Crippen molar-refractivity contribution >= 4 is 23.5 Å². The lowest BCUT2D eigenvalue weighted by Gasteiger charge is -2.10. The topological polar surface area (TPSA) is 76.1 Å². The average molecular weight is 271 g/mol. The molecule has 1 aliphatic rings. The number of halogens is 1. The summed E-state index contributed by atoms with van der Waals surface area (Å²) in [5.74, 6) is 0.0592. The lowest BCUT2D eigenvalue weighted by atomic mass is 10.2. The lowest BCUT2D eigenvalue weighted by Crippen LogP contribution is -2.36. The monoisotopic (exact) mass is 270 g/mol. The number of anilines is 1. The third-order valence-electron chi connectivity index (χ3n) is 2.80. The van der Waals surface area contributed by atoms with Gasteiger partial charge in [0.1, 0.15) is 5.15 Å². The SMILES string of the molecule is COC1CNC(C(=O)Nc2nc(C)cc(Cl)n2)C1. The van der Waals surface area contributed by atoms with Gasteiger partial charge >= 0.3 is 0 Å². The summed E-state index contributed by atoms with van der Waals surface area (Å²) in [6, 6.07) is 1.35. The van der Waals surface area contributed by atoms with Crippen LogP contribution in [-0.4, -0.2) is 41.7 Å². The van der Waals surface area contributed by atoms with Crippen LogP contribution in [-0.2, 0) is 9.53 Å². The molecule has 1 aliphatic heterocycles. The van der Waals surface area contributed by atoms with Crippen molar-refractivity contribution in [1.82, 2.24) is 15.3 Å². The first-order chi connectivity index (χ1) is 8.58. The van der Waals surface area contributed by atoms with E-state index in [1.165, 1.54) is 0 Å². The van der Waals surface area contributed by atoms with Gasteiger partial charge in [-0.15, -0.1) is 0 Å². The molecule has 2 rings (SSSR count). The first-order valence-electron chi connectivity index (χ1n) is 5.66. The minimum atomic E-state index is -0.280. The number of carbonyl (C=O) groups excluding carboxylic acids is 1. The average Bonchev–Trinajstić information content (AvgIpc) is 2.75. The zero-order valence-corrected chi connectivity index (χ0v) is 11.0. The van der Waals surface area contributed by atoms with Gasteiger partial charge in [-0.05, 0) is 19.4 Å². The molecule has 1 aromatic rings. The van der Waals surface area contributed by atoms with E-state index in [4.69, 9.17) is 16.3 Å². The Hall–Kier alpha value is -1.24. The van der Waals surface area contributed by atoms with E-state index >= 15 is 0 Å². The maximum atomic E-state index is 11.9. The lowest BCUT2D eigenvalue weighted by molar-refractivity contribution is -0.118. The van der Waals surface area contributed by atoms with Gasteiger partial charge in [0, 0.05) is 19.3 Å². The van der Waals surface area contributed by atoms with Crippen molar-refractivity contribution in [1.29, 1.82) is 0 Å². The summed E-state index contributed by atoms with van der Waals surface area (Å²) in [5.41, 5.74) is 0.708. The molecule has 0 saturated carbocycles. The van der Waals surface area contributed by atoms with E-state index in [1.54, 1.807) is 20.1 Å². The first kappa shape index (κ1) is 13.2. The van der Waals surface area contributed by atoms with Crippen molar-refractivity contribution in [2.75, 3.05) is 19.0 Å². The zero-order valence-electron chi connectivity index (χ0n) is 10.2. The van der Waals surface area contributed by atoms with Gasteiger partial charge in [-0.3, -0.25) is 10.1 Å². The maximum absolute atomic E-state index is 11.9. The van der Waals surface area contributed by atoms with Crippen molar-refractivity contribution in [3.63, 3.8) is 0 Å². The normalized spacial score (nSPS) is 23.1. The first-order valence-corrected chi connectivity index (χ1v) is 6.04. The predicted octanol–water partition coefficient (Wildman–Crippen LogP) is 0.754. The fourth-order valence-electron chi connectivity index (χ4n) is 1.87. The van der Waals surface area contributed by atoms with Gasteiger partial charge in [0.2, 0.25) is 11.9 Å². The van der Waals surface area contributed by atoms with Crippen LogP contribution in [0.1, 0.15) is 12.1 Å². The molecule has 2 N–H and O–H groups in total. The molecule has 1 aromatic heterocycles. The van der Waals surface area contributed by atoms with Crippen LogP contribution in [0.15, 0.2) is 6.07 Å². The highest BCUT2D eigenvalue weighted by molar-refractivity contribution is 6.29. The summed E-state index contributed by atoms with van der Waals surface area (Å²) in [6.45, 7) is 2.46. The van der Waals surface area contributed by atoms with Crippen molar-refractivity contribution in [2.24, 2.45) is 0 Å². The number of aryl methyl sites for hydroxylation is 1. The van der Waals surface area contributed by atoms with Crippen molar-refractivity contribution in [3.05, 3.63) is 16.9 Å². The Balaban J connectivity index is 1.99. The van der Waals surface area contributed by atoms with Gasteiger partial charge in [-0.1, -0.05) is 11.6 Å². The molecule has 6 nitrogen and oxygen atoms in total. The summed E-state index contributed by atoms with van der Waals surface area (Å²) in [6.07, 6.45) is 0.713. The van der Waals surface area contributed by atoms with Crippen LogP contribution in [0.3, 0.4) is 0 Å². The number of rotatable bonds is 3. The highest BCUT2D eigenvalue weighted by Gasteiger charge is 2.29. The van der Waals surface area contributed by atoms with E-state index < -0.39 is 0 Å². The molecule has 18 heavy (non-hydrogen) atoms. The van der Waals surface area contributed by atoms with E-state index in [2.05, 4.69) is 20.6 Å². The number of methoxy groups -OCH3 is 1. The highest BCUT2D eigenvalue weighted by atomic mass is 35.5. The Morgan fingerprint density at radius 2 is 2.39 bits per heavy atom. The predicted molar refractivity (Wildman–Crippen MR) is 67.6 cm³/mol. The van der Waals surface area contributed by atoms with Crippen LogP contribution >= 0.6 is 11.6 Å². The van der Waals surface area contributed by atoms with Gasteiger partial charge in [0.25, 0.3) is 0 Å². The number of ether oxygens (including phenoxy) is 1. The van der Waals surface area contributed by atoms with Crippen molar-refractivity contribution in [2.45, 2.75) is 25.5 Å². The molecule has 0 aliphatic carbocycles. The van der Waals surface area contributed by atoms with E-state index in [1.807, 2.05) is 0 Å². The molecule has 0 spiro atoms. The standard InChI is InChI=1S/C11H15ClN4O2/c1-6-3-9(12)15-11(14-6)16-10(17)8-4-7(18-2)5-13-8/h3,7-8,13H,4-5H2,1-2H3,(H,14,15,16,17). The number of carbonyl (C=O) groups is 1. The van der Waals surface area contributed by atoms with Crippen LogP contribution in [0.4, 0.5) is 5.95 Å².